The van der Waals surface area contributed by atoms with E-state index in [4.69, 9.17) is 14.4 Å². The molecule has 0 atom stereocenters. The maximum atomic E-state index is 8.86. The van der Waals surface area contributed by atoms with Crippen LogP contribution >= 0.6 is 11.8 Å². The van der Waals surface area contributed by atoms with Crippen molar-refractivity contribution in [2.45, 2.75) is 25.0 Å². The Labute approximate surface area is 185 Å². The van der Waals surface area contributed by atoms with E-state index in [9.17, 15) is 0 Å². The SMILES string of the molecule is Cc1ccccc1-c1nnc(SCCCOc2ccc(C#N)cc2)n1Cc1ccco1. The van der Waals surface area contributed by atoms with Crippen molar-refractivity contribution in [3.8, 4) is 23.2 Å². The molecule has 0 aliphatic heterocycles. The standard InChI is InChI=1S/C24H22N4O2S/c1-18-6-2-3-8-22(18)23-26-27-24(28(23)17-21-7-4-13-30-21)31-15-5-14-29-20-11-9-19(16-25)10-12-20/h2-4,6-13H,5,14-15,17H2,1H3. The lowest BCUT2D eigenvalue weighted by atomic mass is 10.1. The van der Waals surface area contributed by atoms with Crippen molar-refractivity contribution in [3.63, 3.8) is 0 Å². The van der Waals surface area contributed by atoms with Gasteiger partial charge in [0.05, 0.1) is 31.0 Å². The summed E-state index contributed by atoms with van der Waals surface area (Å²) in [6.07, 6.45) is 2.54. The van der Waals surface area contributed by atoms with Crippen molar-refractivity contribution in [1.82, 2.24) is 14.8 Å². The molecule has 0 spiro atoms. The molecule has 2 aromatic carbocycles. The third-order valence-corrected chi connectivity index (χ3v) is 5.82. The highest BCUT2D eigenvalue weighted by molar-refractivity contribution is 7.99. The first-order valence-corrected chi connectivity index (χ1v) is 11.0. The lowest BCUT2D eigenvalue weighted by Gasteiger charge is -2.10. The number of nitriles is 1. The highest BCUT2D eigenvalue weighted by Crippen LogP contribution is 2.27. The van der Waals surface area contributed by atoms with E-state index in [0.717, 1.165) is 45.8 Å². The monoisotopic (exact) mass is 430 g/mol. The minimum Gasteiger partial charge on any atom is -0.494 e. The smallest absolute Gasteiger partial charge is 0.191 e. The van der Waals surface area contributed by atoms with E-state index in [1.807, 2.05) is 36.4 Å². The van der Waals surface area contributed by atoms with E-state index in [1.165, 1.54) is 0 Å². The molecule has 0 aliphatic carbocycles. The molecule has 4 rings (SSSR count). The number of rotatable bonds is 9. The molecule has 0 saturated carbocycles. The summed E-state index contributed by atoms with van der Waals surface area (Å²) in [5, 5.41) is 18.7. The Morgan fingerprint density at radius 3 is 2.65 bits per heavy atom. The normalized spacial score (nSPS) is 10.7. The van der Waals surface area contributed by atoms with Crippen LogP contribution in [0.1, 0.15) is 23.3 Å². The van der Waals surface area contributed by atoms with Gasteiger partial charge < -0.3 is 9.15 Å². The van der Waals surface area contributed by atoms with Gasteiger partial charge in [-0.3, -0.25) is 4.57 Å². The molecule has 6 nitrogen and oxygen atoms in total. The molecule has 0 radical (unpaired) electrons. The average Bonchev–Trinajstić information content (AvgIpc) is 3.45. The van der Waals surface area contributed by atoms with E-state index in [0.29, 0.717) is 18.7 Å². The molecule has 0 saturated heterocycles. The van der Waals surface area contributed by atoms with Crippen LogP contribution in [0.25, 0.3) is 11.4 Å². The molecule has 0 fully saturated rings. The predicted molar refractivity (Wildman–Crippen MR) is 120 cm³/mol. The molecule has 31 heavy (non-hydrogen) atoms. The number of benzene rings is 2. The Bertz CT molecular complexity index is 1160. The number of aryl methyl sites for hydroxylation is 1. The summed E-state index contributed by atoms with van der Waals surface area (Å²) in [7, 11) is 0. The number of aromatic nitrogens is 3. The zero-order valence-electron chi connectivity index (χ0n) is 17.2. The number of hydrogen-bond donors (Lipinski definition) is 0. The predicted octanol–water partition coefficient (Wildman–Crippen LogP) is 5.33. The fraction of sp³-hybridized carbons (Fsp3) is 0.208. The summed E-state index contributed by atoms with van der Waals surface area (Å²) in [4.78, 5) is 0. The Balaban J connectivity index is 1.41. The van der Waals surface area contributed by atoms with Crippen molar-refractivity contribution < 1.29 is 9.15 Å². The highest BCUT2D eigenvalue weighted by atomic mass is 32.2. The van der Waals surface area contributed by atoms with Gasteiger partial charge >= 0.3 is 0 Å². The molecule has 0 unspecified atom stereocenters. The Morgan fingerprint density at radius 1 is 1.06 bits per heavy atom. The molecular formula is C24H22N4O2S. The minimum absolute atomic E-state index is 0.577. The molecule has 7 heteroatoms. The summed E-state index contributed by atoms with van der Waals surface area (Å²) in [5.74, 6) is 3.32. The number of thioether (sulfide) groups is 1. The summed E-state index contributed by atoms with van der Waals surface area (Å²) < 4.78 is 13.4. The first-order valence-electron chi connectivity index (χ1n) is 10.0. The summed E-state index contributed by atoms with van der Waals surface area (Å²) in [5.41, 5.74) is 2.85. The Hall–Kier alpha value is -3.50. The summed E-state index contributed by atoms with van der Waals surface area (Å²) >= 11 is 1.66. The van der Waals surface area contributed by atoms with Gasteiger partial charge in [0.25, 0.3) is 0 Å². The molecule has 2 heterocycles. The first kappa shape index (κ1) is 20.8. The van der Waals surface area contributed by atoms with Gasteiger partial charge in [-0.25, -0.2) is 0 Å². The van der Waals surface area contributed by atoms with Crippen molar-refractivity contribution >= 4 is 11.8 Å². The summed E-state index contributed by atoms with van der Waals surface area (Å²) in [6, 6.07) is 21.3. The van der Waals surface area contributed by atoms with Gasteiger partial charge in [-0.05, 0) is 55.3 Å². The topological polar surface area (TPSA) is 76.9 Å². The fourth-order valence-electron chi connectivity index (χ4n) is 3.16. The van der Waals surface area contributed by atoms with Crippen molar-refractivity contribution in [1.29, 1.82) is 5.26 Å². The van der Waals surface area contributed by atoms with Crippen molar-refractivity contribution in [2.75, 3.05) is 12.4 Å². The maximum Gasteiger partial charge on any atom is 0.191 e. The van der Waals surface area contributed by atoms with Crippen LogP contribution in [0.4, 0.5) is 0 Å². The Morgan fingerprint density at radius 2 is 1.90 bits per heavy atom. The molecule has 0 bridgehead atoms. The van der Waals surface area contributed by atoms with Crippen LogP contribution in [0.2, 0.25) is 0 Å². The lowest BCUT2D eigenvalue weighted by Crippen LogP contribution is -2.05. The van der Waals surface area contributed by atoms with Gasteiger partial charge in [0.15, 0.2) is 11.0 Å². The van der Waals surface area contributed by atoms with Crippen LogP contribution in [0.3, 0.4) is 0 Å². The molecule has 0 aliphatic rings. The zero-order valence-corrected chi connectivity index (χ0v) is 18.0. The van der Waals surface area contributed by atoms with E-state index < -0.39 is 0 Å². The molecule has 2 aromatic heterocycles. The van der Waals surface area contributed by atoms with Crippen LogP contribution < -0.4 is 4.74 Å². The molecule has 0 amide bonds. The Kier molecular flexibility index (Phi) is 6.70. The molecule has 0 N–H and O–H groups in total. The number of nitrogens with zero attached hydrogens (tertiary/aromatic N) is 4. The average molecular weight is 431 g/mol. The lowest BCUT2D eigenvalue weighted by molar-refractivity contribution is 0.318. The molecule has 156 valence electrons. The van der Waals surface area contributed by atoms with Gasteiger partial charge in [0, 0.05) is 11.3 Å². The number of hydrogen-bond acceptors (Lipinski definition) is 6. The number of ether oxygens (including phenoxy) is 1. The molecular weight excluding hydrogens is 408 g/mol. The second-order valence-electron chi connectivity index (χ2n) is 6.97. The summed E-state index contributed by atoms with van der Waals surface area (Å²) in [6.45, 7) is 3.25. The van der Waals surface area contributed by atoms with Gasteiger partial charge in [-0.1, -0.05) is 36.0 Å². The number of furan rings is 1. The van der Waals surface area contributed by atoms with Crippen molar-refractivity contribution in [2.24, 2.45) is 0 Å². The maximum absolute atomic E-state index is 8.86. The van der Waals surface area contributed by atoms with Crippen LogP contribution in [0.5, 0.6) is 5.75 Å². The zero-order chi connectivity index (χ0) is 21.5. The van der Waals surface area contributed by atoms with Gasteiger partial charge in [0.1, 0.15) is 11.5 Å². The van der Waals surface area contributed by atoms with Crippen LogP contribution in [-0.4, -0.2) is 27.1 Å². The van der Waals surface area contributed by atoms with Gasteiger partial charge in [-0.15, -0.1) is 10.2 Å². The molecule has 4 aromatic rings. The van der Waals surface area contributed by atoms with E-state index in [1.54, 1.807) is 30.2 Å². The van der Waals surface area contributed by atoms with Crippen LogP contribution in [0, 0.1) is 18.3 Å². The van der Waals surface area contributed by atoms with E-state index >= 15 is 0 Å². The minimum atomic E-state index is 0.577. The van der Waals surface area contributed by atoms with Gasteiger partial charge in [0.2, 0.25) is 0 Å². The second kappa shape index (κ2) is 10.0. The first-order chi connectivity index (χ1) is 15.2. The van der Waals surface area contributed by atoms with Crippen LogP contribution in [-0.2, 0) is 6.54 Å². The fourth-order valence-corrected chi connectivity index (χ4v) is 4.01. The third kappa shape index (κ3) is 5.16. The third-order valence-electron chi connectivity index (χ3n) is 4.77. The van der Waals surface area contributed by atoms with Gasteiger partial charge in [-0.2, -0.15) is 5.26 Å². The van der Waals surface area contributed by atoms with E-state index in [2.05, 4.69) is 39.9 Å². The van der Waals surface area contributed by atoms with E-state index in [-0.39, 0.29) is 0 Å². The second-order valence-corrected chi connectivity index (χ2v) is 8.04. The van der Waals surface area contributed by atoms with Crippen molar-refractivity contribution in [3.05, 3.63) is 83.8 Å². The largest absolute Gasteiger partial charge is 0.494 e. The van der Waals surface area contributed by atoms with Crippen LogP contribution in [0.15, 0.2) is 76.5 Å². The highest BCUT2D eigenvalue weighted by Gasteiger charge is 2.17. The quantitative estimate of drug-likeness (QED) is 0.264.